The van der Waals surface area contributed by atoms with Crippen molar-refractivity contribution in [3.63, 3.8) is 0 Å². The largest absolute Gasteiger partial charge is 0.462 e. The van der Waals surface area contributed by atoms with Crippen LogP contribution in [0.1, 0.15) is 228 Å². The van der Waals surface area contributed by atoms with Gasteiger partial charge in [0.2, 0.25) is 11.8 Å². The van der Waals surface area contributed by atoms with Crippen molar-refractivity contribution >= 4 is 40.1 Å². The quantitative estimate of drug-likeness (QED) is 0.0400. The van der Waals surface area contributed by atoms with E-state index >= 15 is 0 Å². The molecule has 0 fully saturated rings. The van der Waals surface area contributed by atoms with Crippen molar-refractivity contribution in [1.29, 1.82) is 0 Å². The van der Waals surface area contributed by atoms with Crippen LogP contribution in [0.3, 0.4) is 0 Å². The van der Waals surface area contributed by atoms with Crippen molar-refractivity contribution in [1.82, 2.24) is 9.80 Å². The van der Waals surface area contributed by atoms with E-state index in [-0.39, 0.29) is 30.3 Å². The first kappa shape index (κ1) is 55.2. The highest BCUT2D eigenvalue weighted by Gasteiger charge is 2.31. The number of amides is 2. The van der Waals surface area contributed by atoms with Gasteiger partial charge in [-0.05, 0) is 110 Å². The Morgan fingerprint density at radius 1 is 0.694 bits per heavy atom. The molecule has 2 heterocycles. The number of hydrogen-bond donors (Lipinski definition) is 1. The number of anilines is 1. The summed E-state index contributed by atoms with van der Waals surface area (Å²) in [6.45, 7) is 8.76. The van der Waals surface area contributed by atoms with Gasteiger partial charge in [-0.3, -0.25) is 14.4 Å². The molecule has 9 nitrogen and oxygen atoms in total. The number of rotatable bonds is 38. The molecule has 1 unspecified atom stereocenters. The lowest BCUT2D eigenvalue weighted by Gasteiger charge is -2.27. The minimum Gasteiger partial charge on any atom is -0.462 e. The van der Waals surface area contributed by atoms with Gasteiger partial charge in [0.15, 0.2) is 0 Å². The lowest BCUT2D eigenvalue weighted by molar-refractivity contribution is -0.150. The highest BCUT2D eigenvalue weighted by Crippen LogP contribution is 2.38. The Morgan fingerprint density at radius 2 is 1.26 bits per heavy atom. The third-order valence-electron chi connectivity index (χ3n) is 11.8. The van der Waals surface area contributed by atoms with Crippen LogP contribution >= 0.6 is 11.3 Å². The van der Waals surface area contributed by atoms with Crippen LogP contribution in [-0.4, -0.2) is 73.4 Å². The van der Waals surface area contributed by atoms with E-state index in [0.29, 0.717) is 68.8 Å². The van der Waals surface area contributed by atoms with E-state index in [1.165, 1.54) is 101 Å². The van der Waals surface area contributed by atoms with Crippen molar-refractivity contribution in [3.05, 3.63) is 40.3 Å². The van der Waals surface area contributed by atoms with E-state index in [1.54, 1.807) is 0 Å². The number of nitrogens with one attached hydrogen (secondary N) is 1. The number of hydrogen-bond acceptors (Lipinski definition) is 8. The van der Waals surface area contributed by atoms with Crippen LogP contribution in [0.15, 0.2) is 24.3 Å². The molecule has 1 aliphatic rings. The Labute approximate surface area is 382 Å². The maximum atomic E-state index is 13.5. The van der Waals surface area contributed by atoms with E-state index in [9.17, 15) is 19.2 Å². The molecule has 354 valence electrons. The van der Waals surface area contributed by atoms with Crippen LogP contribution in [0.2, 0.25) is 0 Å². The van der Waals surface area contributed by atoms with Gasteiger partial charge in [0.05, 0.1) is 18.7 Å². The Bertz CT molecular complexity index is 1420. The molecule has 2 rings (SSSR count). The summed E-state index contributed by atoms with van der Waals surface area (Å²) in [4.78, 5) is 57.9. The number of ether oxygens (including phenoxy) is 2. The van der Waals surface area contributed by atoms with Crippen LogP contribution < -0.4 is 5.32 Å². The summed E-state index contributed by atoms with van der Waals surface area (Å²) in [6.07, 6.45) is 39.1. The molecule has 1 atom stereocenters. The lowest BCUT2D eigenvalue weighted by atomic mass is 10.0. The standard InChI is InChI=1S/C52H89N3O6S/c1-6-9-12-15-17-18-19-20-21-22-23-24-25-27-30-37-48(57)55-41-39-45-46(43-55)62-51(50(45)52(59)60-42-33-40-54(4)5)53-47(56)36-31-32-38-49(58)61-44(34-28-14-11-8-3)35-29-26-16-13-10-7-2/h17-18,20-21,44H,6-16,19,22-43H2,1-5H3,(H,53,56)/b18-17-,21-20-. The summed E-state index contributed by atoms with van der Waals surface area (Å²) >= 11 is 1.39. The molecule has 1 N–H and O–H groups in total. The average Bonchev–Trinajstić information content (AvgIpc) is 3.61. The fraction of sp³-hybridized carbons (Fsp3) is 0.769. The number of carbonyl (C=O) groups excluding carboxylic acids is 4. The summed E-state index contributed by atoms with van der Waals surface area (Å²) in [5.41, 5.74) is 1.32. The first-order chi connectivity index (χ1) is 30.2. The third kappa shape index (κ3) is 26.0. The van der Waals surface area contributed by atoms with Crippen LogP contribution in [0.4, 0.5) is 5.00 Å². The molecule has 10 heteroatoms. The highest BCUT2D eigenvalue weighted by molar-refractivity contribution is 7.17. The molecule has 0 radical (unpaired) electrons. The topological polar surface area (TPSA) is 105 Å². The lowest BCUT2D eigenvalue weighted by Crippen LogP contribution is -2.35. The van der Waals surface area contributed by atoms with Gasteiger partial charge in [0.1, 0.15) is 11.1 Å². The molecule has 0 aliphatic carbocycles. The van der Waals surface area contributed by atoms with Gasteiger partial charge >= 0.3 is 11.9 Å². The number of allylic oxidation sites excluding steroid dienone is 4. The van der Waals surface area contributed by atoms with Crippen molar-refractivity contribution in [3.8, 4) is 0 Å². The molecule has 0 saturated carbocycles. The second-order valence-corrected chi connectivity index (χ2v) is 18.9. The average molecular weight is 884 g/mol. The molecule has 1 aliphatic heterocycles. The van der Waals surface area contributed by atoms with Crippen LogP contribution in [0, 0.1) is 0 Å². The van der Waals surface area contributed by atoms with Crippen LogP contribution in [-0.2, 0) is 36.8 Å². The van der Waals surface area contributed by atoms with Crippen LogP contribution in [0.25, 0.3) is 0 Å². The van der Waals surface area contributed by atoms with Gasteiger partial charge < -0.3 is 24.6 Å². The van der Waals surface area contributed by atoms with E-state index in [0.717, 1.165) is 74.8 Å². The minimum absolute atomic E-state index is 0.0172. The number of carbonyl (C=O) groups is 4. The predicted octanol–water partition coefficient (Wildman–Crippen LogP) is 13.7. The first-order valence-electron chi connectivity index (χ1n) is 25.2. The Hall–Kier alpha value is -2.98. The van der Waals surface area contributed by atoms with Crippen molar-refractivity contribution in [2.24, 2.45) is 0 Å². The monoisotopic (exact) mass is 884 g/mol. The Morgan fingerprint density at radius 3 is 1.94 bits per heavy atom. The number of thiophene rings is 1. The Kier molecular flexibility index (Phi) is 32.4. The maximum absolute atomic E-state index is 13.5. The number of unbranched alkanes of at least 4 members (excludes halogenated alkanes) is 17. The summed E-state index contributed by atoms with van der Waals surface area (Å²) in [7, 11) is 3.97. The summed E-state index contributed by atoms with van der Waals surface area (Å²) < 4.78 is 11.7. The third-order valence-corrected chi connectivity index (χ3v) is 12.9. The van der Waals surface area contributed by atoms with E-state index < -0.39 is 5.97 Å². The number of nitrogens with zero attached hydrogens (tertiary/aromatic N) is 2. The smallest absolute Gasteiger partial charge is 0.341 e. The minimum atomic E-state index is -0.422. The molecule has 62 heavy (non-hydrogen) atoms. The molecular weight excluding hydrogens is 795 g/mol. The normalized spacial score (nSPS) is 13.3. The van der Waals surface area contributed by atoms with Gasteiger partial charge in [-0.1, -0.05) is 129 Å². The van der Waals surface area contributed by atoms with Gasteiger partial charge in [0.25, 0.3) is 0 Å². The van der Waals surface area contributed by atoms with Gasteiger partial charge in [-0.15, -0.1) is 11.3 Å². The fourth-order valence-electron chi connectivity index (χ4n) is 7.99. The molecular formula is C52H89N3O6S. The molecule has 1 aromatic rings. The second-order valence-electron chi connectivity index (χ2n) is 17.8. The van der Waals surface area contributed by atoms with Gasteiger partial charge in [-0.25, -0.2) is 4.79 Å². The van der Waals surface area contributed by atoms with E-state index in [4.69, 9.17) is 9.47 Å². The zero-order chi connectivity index (χ0) is 45.0. The van der Waals surface area contributed by atoms with E-state index in [1.807, 2.05) is 19.0 Å². The SMILES string of the molecule is CCCCC/C=C\C/C=C\CCCCCCCC(=O)N1CCc2c(sc(NC(=O)CCCCC(=O)OC(CCCCCC)CCCCCCCC)c2C(=O)OCCCN(C)C)C1. The van der Waals surface area contributed by atoms with Crippen molar-refractivity contribution < 1.29 is 28.7 Å². The molecule has 0 saturated heterocycles. The first-order valence-corrected chi connectivity index (χ1v) is 26.0. The van der Waals surface area contributed by atoms with Crippen molar-refractivity contribution in [2.75, 3.05) is 39.1 Å². The predicted molar refractivity (Wildman–Crippen MR) is 260 cm³/mol. The zero-order valence-electron chi connectivity index (χ0n) is 40.2. The summed E-state index contributed by atoms with van der Waals surface area (Å²) in [6, 6.07) is 0. The summed E-state index contributed by atoms with van der Waals surface area (Å²) in [5, 5.41) is 3.52. The van der Waals surface area contributed by atoms with E-state index in [2.05, 4.69) is 55.3 Å². The molecule has 0 bridgehead atoms. The number of fused-ring (bicyclic) bond motifs is 1. The molecule has 0 aromatic carbocycles. The molecule has 0 spiro atoms. The van der Waals surface area contributed by atoms with Crippen LogP contribution in [0.5, 0.6) is 0 Å². The van der Waals surface area contributed by atoms with Gasteiger partial charge in [0, 0.05) is 37.2 Å². The summed E-state index contributed by atoms with van der Waals surface area (Å²) in [5.74, 6) is -0.632. The number of esters is 2. The van der Waals surface area contributed by atoms with Gasteiger partial charge in [-0.2, -0.15) is 0 Å². The maximum Gasteiger partial charge on any atom is 0.341 e. The second kappa shape index (κ2) is 36.4. The highest BCUT2D eigenvalue weighted by atomic mass is 32.1. The molecule has 2 amide bonds. The van der Waals surface area contributed by atoms with Crippen molar-refractivity contribution in [2.45, 2.75) is 226 Å². The molecule has 1 aromatic heterocycles. The zero-order valence-corrected chi connectivity index (χ0v) is 41.0. The Balaban J connectivity index is 1.86. The fourth-order valence-corrected chi connectivity index (χ4v) is 9.25.